The van der Waals surface area contributed by atoms with Crippen LogP contribution in [0, 0.1) is 10.8 Å². The van der Waals surface area contributed by atoms with Gasteiger partial charge in [-0.05, 0) is 65.5 Å². The number of urea groups is 1. The van der Waals surface area contributed by atoms with E-state index in [1.807, 2.05) is 112 Å². The third kappa shape index (κ3) is 12.9. The van der Waals surface area contributed by atoms with E-state index in [0.29, 0.717) is 26.1 Å². The third-order valence-electron chi connectivity index (χ3n) is 11.2. The van der Waals surface area contributed by atoms with Gasteiger partial charge in [0, 0.05) is 42.0 Å². The van der Waals surface area contributed by atoms with Crippen molar-refractivity contribution in [2.24, 2.45) is 10.8 Å². The lowest BCUT2D eigenvalue weighted by atomic mass is 9.84. The van der Waals surface area contributed by atoms with Crippen LogP contribution < -0.4 is 16.0 Å². The molecular weight excluding hydrogens is 783 g/mol. The first-order valence-corrected chi connectivity index (χ1v) is 21.4. The number of aliphatic hydroxyl groups is 1. The molecule has 3 heterocycles. The summed E-state index contributed by atoms with van der Waals surface area (Å²) in [5.41, 5.74) is 3.57. The van der Waals surface area contributed by atoms with Gasteiger partial charge in [-0.1, -0.05) is 129 Å². The maximum absolute atomic E-state index is 14.7. The molecule has 5 amide bonds. The first-order valence-electron chi connectivity index (χ1n) is 21.4. The molecule has 332 valence electrons. The van der Waals surface area contributed by atoms with Crippen LogP contribution in [-0.2, 0) is 34.4 Å². The summed E-state index contributed by atoms with van der Waals surface area (Å²) in [6.07, 6.45) is -0.183. The summed E-state index contributed by atoms with van der Waals surface area (Å²) in [6, 6.07) is 25.1. The Bertz CT molecular complexity index is 2130. The SMILES string of the molecule is CC(C)(C)c1cccc(CN2CCN([C@H](C(=O)N[C@@H](Cc3ccccc3)[C@@H](O)C[C@H](Cc3ccc(-c4ccccn4)cc3)NC(=O)[C@@H](NC(=O)O)C(C)(C)C)C(C)(C)C)C2=O)n1. The zero-order valence-electron chi connectivity index (χ0n) is 37.7. The molecule has 2 aromatic heterocycles. The quantitative estimate of drug-likeness (QED) is 0.0802. The number of carbonyl (C=O) groups excluding carboxylic acids is 3. The Morgan fingerprint density at radius 1 is 0.726 bits per heavy atom. The molecule has 4 aromatic rings. The van der Waals surface area contributed by atoms with Crippen molar-refractivity contribution in [3.8, 4) is 11.3 Å². The molecule has 13 heteroatoms. The first kappa shape index (κ1) is 47.2. The van der Waals surface area contributed by atoms with E-state index in [0.717, 1.165) is 33.8 Å². The van der Waals surface area contributed by atoms with E-state index in [1.165, 1.54) is 0 Å². The number of aromatic nitrogens is 2. The maximum atomic E-state index is 14.7. The fourth-order valence-electron chi connectivity index (χ4n) is 7.95. The highest BCUT2D eigenvalue weighted by molar-refractivity contribution is 5.89. The maximum Gasteiger partial charge on any atom is 0.405 e. The molecule has 62 heavy (non-hydrogen) atoms. The molecule has 0 spiro atoms. The minimum atomic E-state index is -1.33. The average Bonchev–Trinajstić information content (AvgIpc) is 3.54. The number of pyridine rings is 2. The summed E-state index contributed by atoms with van der Waals surface area (Å²) >= 11 is 0. The number of benzene rings is 2. The summed E-state index contributed by atoms with van der Waals surface area (Å²) in [5.74, 6) is -0.930. The van der Waals surface area contributed by atoms with Crippen LogP contribution in [0.25, 0.3) is 11.3 Å². The summed E-state index contributed by atoms with van der Waals surface area (Å²) in [6.45, 7) is 18.4. The van der Waals surface area contributed by atoms with Crippen LogP contribution >= 0.6 is 0 Å². The van der Waals surface area contributed by atoms with Gasteiger partial charge in [-0.25, -0.2) is 9.59 Å². The van der Waals surface area contributed by atoms with Crippen LogP contribution in [0.1, 0.15) is 91.2 Å². The van der Waals surface area contributed by atoms with Crippen molar-refractivity contribution in [1.29, 1.82) is 0 Å². The molecule has 0 bridgehead atoms. The van der Waals surface area contributed by atoms with Crippen LogP contribution in [0.15, 0.2) is 97.2 Å². The fourth-order valence-corrected chi connectivity index (χ4v) is 7.95. The number of aliphatic hydroxyl groups excluding tert-OH is 1. The molecule has 5 N–H and O–H groups in total. The van der Waals surface area contributed by atoms with E-state index in [4.69, 9.17) is 4.98 Å². The molecule has 5 atom stereocenters. The van der Waals surface area contributed by atoms with E-state index >= 15 is 0 Å². The van der Waals surface area contributed by atoms with Crippen molar-refractivity contribution in [1.82, 2.24) is 35.7 Å². The zero-order valence-corrected chi connectivity index (χ0v) is 37.7. The van der Waals surface area contributed by atoms with Gasteiger partial charge >= 0.3 is 12.1 Å². The third-order valence-corrected chi connectivity index (χ3v) is 11.2. The van der Waals surface area contributed by atoms with E-state index in [-0.39, 0.29) is 24.3 Å². The topological polar surface area (TPSA) is 177 Å². The van der Waals surface area contributed by atoms with E-state index in [1.54, 1.807) is 36.8 Å². The van der Waals surface area contributed by atoms with Gasteiger partial charge in [-0.2, -0.15) is 0 Å². The van der Waals surface area contributed by atoms with Crippen LogP contribution in [-0.4, -0.2) is 97.3 Å². The van der Waals surface area contributed by atoms with Gasteiger partial charge in [0.1, 0.15) is 12.1 Å². The predicted molar refractivity (Wildman–Crippen MR) is 241 cm³/mol. The van der Waals surface area contributed by atoms with Crippen molar-refractivity contribution >= 4 is 23.9 Å². The normalized spacial score (nSPS) is 15.9. The second-order valence-electron chi connectivity index (χ2n) is 19.6. The Kier molecular flexibility index (Phi) is 15.2. The molecule has 1 saturated heterocycles. The lowest BCUT2D eigenvalue weighted by Gasteiger charge is -2.38. The number of hydrogen-bond acceptors (Lipinski definition) is 7. The monoisotopic (exact) mass is 847 g/mol. The second kappa shape index (κ2) is 19.9. The Morgan fingerprint density at radius 3 is 1.98 bits per heavy atom. The van der Waals surface area contributed by atoms with Gasteiger partial charge in [0.15, 0.2) is 0 Å². The number of carbonyl (C=O) groups is 4. The number of carboxylic acid groups (broad SMARTS) is 1. The minimum absolute atomic E-state index is 0.0205. The van der Waals surface area contributed by atoms with Crippen molar-refractivity contribution in [2.45, 2.75) is 124 Å². The summed E-state index contributed by atoms with van der Waals surface area (Å²) in [5, 5.41) is 30.4. The number of amides is 5. The largest absolute Gasteiger partial charge is 0.465 e. The van der Waals surface area contributed by atoms with Crippen LogP contribution in [0.3, 0.4) is 0 Å². The predicted octanol–water partition coefficient (Wildman–Crippen LogP) is 6.98. The molecule has 2 aromatic carbocycles. The van der Waals surface area contributed by atoms with Crippen LogP contribution in [0.2, 0.25) is 0 Å². The molecule has 0 radical (unpaired) electrons. The van der Waals surface area contributed by atoms with Gasteiger partial charge in [0.25, 0.3) is 0 Å². The standard InChI is InChI=1S/C49H65N7O6/c1-47(2,3)40-20-15-18-35(51-40)31-55-26-27-56(46(55)62)42(49(7,8)9)44(59)53-38(29-32-16-11-10-12-17-32)39(57)30-36(52-43(58)41(48(4,5)6)54-45(60)61)28-33-21-23-34(24-22-33)37-19-13-14-25-50-37/h10-25,36,38-39,41-42,54,57H,26-31H2,1-9H3,(H,52,58)(H,53,59)(H,60,61)/t36-,38-,39-,41+,42+/m0/s1. The Morgan fingerprint density at radius 2 is 1.39 bits per heavy atom. The summed E-state index contributed by atoms with van der Waals surface area (Å²) in [4.78, 5) is 67.1. The van der Waals surface area contributed by atoms with Crippen LogP contribution in [0.5, 0.6) is 0 Å². The van der Waals surface area contributed by atoms with Crippen LogP contribution in [0.4, 0.5) is 9.59 Å². The molecule has 5 rings (SSSR count). The molecule has 0 aliphatic carbocycles. The Labute approximate surface area is 366 Å². The first-order chi connectivity index (χ1) is 29.1. The van der Waals surface area contributed by atoms with Crippen molar-refractivity contribution < 1.29 is 29.4 Å². The molecule has 0 unspecified atom stereocenters. The van der Waals surface area contributed by atoms with Gasteiger partial charge < -0.3 is 36.0 Å². The molecule has 1 aliphatic heterocycles. The van der Waals surface area contributed by atoms with Crippen molar-refractivity contribution in [3.63, 3.8) is 0 Å². The van der Waals surface area contributed by atoms with Gasteiger partial charge in [0.2, 0.25) is 11.8 Å². The van der Waals surface area contributed by atoms with E-state index < -0.39 is 59.0 Å². The Hall–Kier alpha value is -5.82. The fraction of sp³-hybridized carbons (Fsp3) is 0.469. The molecule has 0 saturated carbocycles. The number of rotatable bonds is 16. The summed E-state index contributed by atoms with van der Waals surface area (Å²) in [7, 11) is 0. The van der Waals surface area contributed by atoms with Gasteiger partial charge in [0.05, 0.1) is 30.1 Å². The molecule has 13 nitrogen and oxygen atoms in total. The highest BCUT2D eigenvalue weighted by Gasteiger charge is 2.44. The Balaban J connectivity index is 1.41. The molecule has 1 fully saturated rings. The van der Waals surface area contributed by atoms with Gasteiger partial charge in [-0.3, -0.25) is 19.6 Å². The summed E-state index contributed by atoms with van der Waals surface area (Å²) < 4.78 is 0. The van der Waals surface area contributed by atoms with Crippen molar-refractivity contribution in [3.05, 3.63) is 120 Å². The lowest BCUT2D eigenvalue weighted by Crippen LogP contribution is -2.59. The highest BCUT2D eigenvalue weighted by atomic mass is 16.4. The molecule has 1 aliphatic rings. The lowest BCUT2D eigenvalue weighted by molar-refractivity contribution is -0.131. The second-order valence-corrected chi connectivity index (χ2v) is 19.6. The number of nitrogens with one attached hydrogen (secondary N) is 3. The van der Waals surface area contributed by atoms with Gasteiger partial charge in [-0.15, -0.1) is 0 Å². The minimum Gasteiger partial charge on any atom is -0.465 e. The zero-order chi connectivity index (χ0) is 45.4. The average molecular weight is 848 g/mol. The smallest absolute Gasteiger partial charge is 0.405 e. The number of nitrogens with zero attached hydrogens (tertiary/aromatic N) is 4. The number of hydrogen-bond donors (Lipinski definition) is 5. The van der Waals surface area contributed by atoms with E-state index in [2.05, 4.69) is 41.7 Å². The highest BCUT2D eigenvalue weighted by Crippen LogP contribution is 2.30. The van der Waals surface area contributed by atoms with E-state index in [9.17, 15) is 29.4 Å². The molecular formula is C49H65N7O6. The van der Waals surface area contributed by atoms with Crippen molar-refractivity contribution in [2.75, 3.05) is 13.1 Å².